The van der Waals surface area contributed by atoms with Gasteiger partial charge in [-0.05, 0) is 18.5 Å². The Balaban J connectivity index is 2.15. The number of rotatable bonds is 2. The van der Waals surface area contributed by atoms with Crippen molar-refractivity contribution in [2.24, 2.45) is 0 Å². The Bertz CT molecular complexity index is 334. The van der Waals surface area contributed by atoms with Crippen LogP contribution in [0.4, 0.5) is 4.39 Å². The summed E-state index contributed by atoms with van der Waals surface area (Å²) in [5, 5.41) is 4.25. The van der Waals surface area contributed by atoms with Crippen LogP contribution in [0.3, 0.4) is 0 Å². The van der Waals surface area contributed by atoms with Gasteiger partial charge in [0.25, 0.3) is 0 Å². The minimum absolute atomic E-state index is 0.109. The predicted molar refractivity (Wildman–Crippen MR) is 57.7 cm³/mol. The van der Waals surface area contributed by atoms with Crippen molar-refractivity contribution in [1.29, 1.82) is 0 Å². The van der Waals surface area contributed by atoms with Crippen LogP contribution in [0.15, 0.2) is 12.4 Å². The smallest absolute Gasteiger partial charge is 0.136 e. The number of nitrogens with zero attached hydrogens (tertiary/aromatic N) is 3. The molecule has 1 aliphatic rings. The Hall–Kier alpha value is -0.900. The van der Waals surface area contributed by atoms with Gasteiger partial charge in [0, 0.05) is 19.3 Å². The van der Waals surface area contributed by atoms with E-state index in [9.17, 15) is 4.39 Å². The fourth-order valence-corrected chi connectivity index (χ4v) is 2.01. The van der Waals surface area contributed by atoms with E-state index in [2.05, 4.69) is 18.9 Å². The van der Waals surface area contributed by atoms with Crippen molar-refractivity contribution >= 4 is 0 Å². The van der Waals surface area contributed by atoms with Crippen LogP contribution in [0, 0.1) is 0 Å². The summed E-state index contributed by atoms with van der Waals surface area (Å²) in [5.74, 6) is 0.455. The standard InChI is InChI=1S/C11H18FN3/c1-8(2)9-4-13-15(5-9)11-7-14(3)6-10(11)12/h4-5,8,10-11H,6-7H2,1-3H3. The zero-order chi connectivity index (χ0) is 11.0. The third-order valence-corrected chi connectivity index (χ3v) is 3.03. The number of alkyl halides is 1. The Kier molecular flexibility index (Phi) is 2.78. The maximum Gasteiger partial charge on any atom is 0.136 e. The molecule has 1 fully saturated rings. The molecule has 4 heteroatoms. The van der Waals surface area contributed by atoms with Gasteiger partial charge in [0.15, 0.2) is 0 Å². The second kappa shape index (κ2) is 3.93. The van der Waals surface area contributed by atoms with Crippen molar-refractivity contribution in [2.45, 2.75) is 32.0 Å². The van der Waals surface area contributed by atoms with Gasteiger partial charge in [-0.3, -0.25) is 4.68 Å². The molecular weight excluding hydrogens is 193 g/mol. The molecule has 0 radical (unpaired) electrons. The molecule has 0 saturated carbocycles. The van der Waals surface area contributed by atoms with E-state index in [0.29, 0.717) is 12.5 Å². The summed E-state index contributed by atoms with van der Waals surface area (Å²) in [5.41, 5.74) is 1.18. The van der Waals surface area contributed by atoms with E-state index < -0.39 is 6.17 Å². The van der Waals surface area contributed by atoms with Crippen molar-refractivity contribution in [3.63, 3.8) is 0 Å². The van der Waals surface area contributed by atoms with Crippen molar-refractivity contribution in [2.75, 3.05) is 20.1 Å². The predicted octanol–water partition coefficient (Wildman–Crippen LogP) is 1.83. The third kappa shape index (κ3) is 2.04. The van der Waals surface area contributed by atoms with E-state index in [4.69, 9.17) is 0 Å². The molecule has 84 valence electrons. The highest BCUT2D eigenvalue weighted by Crippen LogP contribution is 2.24. The fourth-order valence-electron chi connectivity index (χ4n) is 2.01. The molecule has 3 nitrogen and oxygen atoms in total. The minimum atomic E-state index is -0.796. The Morgan fingerprint density at radius 3 is 2.67 bits per heavy atom. The van der Waals surface area contributed by atoms with E-state index in [1.54, 1.807) is 4.68 Å². The van der Waals surface area contributed by atoms with E-state index >= 15 is 0 Å². The molecule has 2 atom stereocenters. The number of likely N-dealkylation sites (N-methyl/N-ethyl adjacent to an activating group) is 1. The average molecular weight is 211 g/mol. The van der Waals surface area contributed by atoms with Crippen molar-refractivity contribution in [3.8, 4) is 0 Å². The van der Waals surface area contributed by atoms with Crippen LogP contribution in [0.2, 0.25) is 0 Å². The Morgan fingerprint density at radius 1 is 1.47 bits per heavy atom. The van der Waals surface area contributed by atoms with Crippen molar-refractivity contribution in [3.05, 3.63) is 18.0 Å². The van der Waals surface area contributed by atoms with Gasteiger partial charge in [-0.25, -0.2) is 4.39 Å². The second-order valence-electron chi connectivity index (χ2n) is 4.71. The van der Waals surface area contributed by atoms with Gasteiger partial charge >= 0.3 is 0 Å². The van der Waals surface area contributed by atoms with E-state index in [0.717, 1.165) is 6.54 Å². The zero-order valence-electron chi connectivity index (χ0n) is 9.52. The average Bonchev–Trinajstić information content (AvgIpc) is 2.71. The molecule has 0 bridgehead atoms. The first-order valence-electron chi connectivity index (χ1n) is 5.44. The van der Waals surface area contributed by atoms with Gasteiger partial charge in [0.2, 0.25) is 0 Å². The largest absolute Gasteiger partial charge is 0.301 e. The Morgan fingerprint density at radius 2 is 2.20 bits per heavy atom. The lowest BCUT2D eigenvalue weighted by Gasteiger charge is -2.12. The fraction of sp³-hybridized carbons (Fsp3) is 0.727. The molecule has 0 spiro atoms. The number of halogens is 1. The van der Waals surface area contributed by atoms with E-state index in [1.165, 1.54) is 5.56 Å². The van der Waals surface area contributed by atoms with Gasteiger partial charge < -0.3 is 4.90 Å². The quantitative estimate of drug-likeness (QED) is 0.744. The van der Waals surface area contributed by atoms with Crippen LogP contribution in [0.5, 0.6) is 0 Å². The highest BCUT2D eigenvalue weighted by molar-refractivity contribution is 5.10. The molecule has 15 heavy (non-hydrogen) atoms. The summed E-state index contributed by atoms with van der Waals surface area (Å²) in [6, 6.07) is -0.109. The lowest BCUT2D eigenvalue weighted by molar-refractivity contribution is 0.267. The maximum absolute atomic E-state index is 13.6. The van der Waals surface area contributed by atoms with Gasteiger partial charge in [-0.15, -0.1) is 0 Å². The highest BCUT2D eigenvalue weighted by atomic mass is 19.1. The highest BCUT2D eigenvalue weighted by Gasteiger charge is 2.32. The number of aromatic nitrogens is 2. The topological polar surface area (TPSA) is 21.1 Å². The zero-order valence-corrected chi connectivity index (χ0v) is 9.52. The van der Waals surface area contributed by atoms with Gasteiger partial charge in [-0.2, -0.15) is 5.10 Å². The molecule has 1 saturated heterocycles. The minimum Gasteiger partial charge on any atom is -0.301 e. The number of hydrogen-bond donors (Lipinski definition) is 0. The summed E-state index contributed by atoms with van der Waals surface area (Å²) in [6.45, 7) is 5.51. The van der Waals surface area contributed by atoms with Crippen LogP contribution < -0.4 is 0 Å². The molecule has 2 rings (SSSR count). The summed E-state index contributed by atoms with van der Waals surface area (Å²) in [7, 11) is 1.94. The molecule has 1 aliphatic heterocycles. The first kappa shape index (κ1) is 10.6. The van der Waals surface area contributed by atoms with Gasteiger partial charge in [0.1, 0.15) is 6.17 Å². The van der Waals surface area contributed by atoms with Gasteiger partial charge in [-0.1, -0.05) is 13.8 Å². The van der Waals surface area contributed by atoms with Crippen LogP contribution in [0.25, 0.3) is 0 Å². The molecule has 0 N–H and O–H groups in total. The van der Waals surface area contributed by atoms with Gasteiger partial charge in [0.05, 0.1) is 12.2 Å². The van der Waals surface area contributed by atoms with Crippen LogP contribution in [-0.2, 0) is 0 Å². The van der Waals surface area contributed by atoms with Crippen LogP contribution in [0.1, 0.15) is 31.4 Å². The SMILES string of the molecule is CC(C)c1cnn(C2CN(C)CC2F)c1. The second-order valence-corrected chi connectivity index (χ2v) is 4.71. The molecule has 0 aliphatic carbocycles. The molecule has 1 aromatic rings. The molecule has 0 amide bonds. The lowest BCUT2D eigenvalue weighted by Crippen LogP contribution is -2.19. The summed E-state index contributed by atoms with van der Waals surface area (Å²) in [4.78, 5) is 2.01. The molecular formula is C11H18FN3. The lowest BCUT2D eigenvalue weighted by atomic mass is 10.1. The van der Waals surface area contributed by atoms with Crippen LogP contribution >= 0.6 is 0 Å². The normalized spacial score (nSPS) is 27.8. The monoisotopic (exact) mass is 211 g/mol. The molecule has 2 heterocycles. The third-order valence-electron chi connectivity index (χ3n) is 3.03. The molecule has 1 aromatic heterocycles. The molecule has 2 unspecified atom stereocenters. The number of likely N-dealkylation sites (tertiary alicyclic amines) is 1. The van der Waals surface area contributed by atoms with Crippen molar-refractivity contribution < 1.29 is 4.39 Å². The summed E-state index contributed by atoms with van der Waals surface area (Å²) in [6.07, 6.45) is 3.02. The summed E-state index contributed by atoms with van der Waals surface area (Å²) >= 11 is 0. The molecule has 0 aromatic carbocycles. The first-order valence-corrected chi connectivity index (χ1v) is 5.44. The van der Waals surface area contributed by atoms with Crippen LogP contribution in [-0.4, -0.2) is 41.0 Å². The maximum atomic E-state index is 13.6. The van der Waals surface area contributed by atoms with Crippen molar-refractivity contribution in [1.82, 2.24) is 14.7 Å². The van der Waals surface area contributed by atoms with E-state index in [-0.39, 0.29) is 6.04 Å². The summed E-state index contributed by atoms with van der Waals surface area (Å²) < 4.78 is 15.4. The first-order chi connectivity index (χ1) is 7.08. The van der Waals surface area contributed by atoms with E-state index in [1.807, 2.05) is 24.3 Å². The number of hydrogen-bond acceptors (Lipinski definition) is 2. The Labute approximate surface area is 89.9 Å².